The molecule has 0 spiro atoms. The van der Waals surface area contributed by atoms with Crippen LogP contribution in [0.5, 0.6) is 23.0 Å². The lowest BCUT2D eigenvalue weighted by atomic mass is 9.95. The Labute approximate surface area is 460 Å². The zero-order valence-electron chi connectivity index (χ0n) is 46.9. The van der Waals surface area contributed by atoms with Gasteiger partial charge >= 0.3 is 16.1 Å². The van der Waals surface area contributed by atoms with Crippen LogP contribution in [0.2, 0.25) is 0 Å². The summed E-state index contributed by atoms with van der Waals surface area (Å²) in [6.07, 6.45) is 17.8. The van der Waals surface area contributed by atoms with Crippen molar-refractivity contribution in [1.82, 2.24) is 5.32 Å². The summed E-state index contributed by atoms with van der Waals surface area (Å²) in [6.45, 7) is 10.6. The third-order valence-corrected chi connectivity index (χ3v) is 16.0. The van der Waals surface area contributed by atoms with Crippen LogP contribution >= 0.6 is 0 Å². The topological polar surface area (TPSA) is 260 Å². The van der Waals surface area contributed by atoms with E-state index in [0.29, 0.717) is 60.6 Å². The molecule has 0 bridgehead atoms. The van der Waals surface area contributed by atoms with Crippen LogP contribution in [0.1, 0.15) is 206 Å². The fourth-order valence-corrected chi connectivity index (χ4v) is 10.9. The van der Waals surface area contributed by atoms with Crippen LogP contribution in [0.15, 0.2) is 36.4 Å². The van der Waals surface area contributed by atoms with Gasteiger partial charge in [-0.2, -0.15) is 16.8 Å². The highest BCUT2D eigenvalue weighted by atomic mass is 32.2. The number of aliphatic hydroxyl groups excluding tert-OH is 1. The van der Waals surface area contributed by atoms with Gasteiger partial charge in [0.2, 0.25) is 11.3 Å². The normalized spacial score (nSPS) is 19.1. The summed E-state index contributed by atoms with van der Waals surface area (Å²) in [6, 6.07) is 8.60. The first-order valence-corrected chi connectivity index (χ1v) is 31.7. The van der Waals surface area contributed by atoms with E-state index in [1.165, 1.54) is 38.5 Å². The van der Waals surface area contributed by atoms with Gasteiger partial charge in [0.05, 0.1) is 26.4 Å². The van der Waals surface area contributed by atoms with Crippen molar-refractivity contribution in [2.24, 2.45) is 0 Å². The first-order valence-electron chi connectivity index (χ1n) is 28.7. The molecule has 5 N–H and O–H groups in total. The van der Waals surface area contributed by atoms with E-state index in [4.69, 9.17) is 33.2 Å². The van der Waals surface area contributed by atoms with E-state index < -0.39 is 73.4 Å². The standard InChI is InChI=1S/C57H95NO17S2/c1-6-10-14-18-22-26-38-70-46-34-30-44(42-48(46)72-40-28-24-20-16-12-8-3)32-36-50(59)58-52-53(57(62,77(66,67)68)54(75-56(52)69-5)55(61)76(63,64)65)74-51(60)37-33-45-31-35-47(71-39-27-23-19-15-11-7-2)49(43-45)73-41-29-25-21-17-13-9-4/h30-31,34-35,42-43,52-56,61-62H,6-29,32-33,36-41H2,1-5H3,(H,58,59)(H,63,64,65)(H,66,67,68)/t52-,53-,54-,55?,56+,57-/m1/s1. The number of rotatable bonds is 44. The highest BCUT2D eigenvalue weighted by Gasteiger charge is 2.68. The molecule has 1 aliphatic rings. The van der Waals surface area contributed by atoms with Gasteiger partial charge in [-0.05, 0) is 73.9 Å². The Balaban J connectivity index is 1.87. The predicted octanol–water partition coefficient (Wildman–Crippen LogP) is 10.8. The van der Waals surface area contributed by atoms with Crippen LogP contribution in [0.3, 0.4) is 0 Å². The van der Waals surface area contributed by atoms with Gasteiger partial charge in [-0.1, -0.05) is 168 Å². The number of unbranched alkanes of at least 4 members (excludes halogenated alkanes) is 20. The second-order valence-corrected chi connectivity index (χ2v) is 23.4. The Morgan fingerprint density at radius 3 is 1.34 bits per heavy atom. The first-order chi connectivity index (χ1) is 36.9. The third kappa shape index (κ3) is 24.2. The molecule has 1 heterocycles. The molecule has 1 fully saturated rings. The van der Waals surface area contributed by atoms with E-state index in [1.807, 2.05) is 0 Å². The molecule has 1 saturated heterocycles. The summed E-state index contributed by atoms with van der Waals surface area (Å²) in [4.78, 5) is 23.8. The van der Waals surface area contributed by atoms with Crippen LogP contribution in [0, 0.1) is 0 Å². The van der Waals surface area contributed by atoms with Crippen LogP contribution in [0.25, 0.3) is 0 Å². The Morgan fingerprint density at radius 2 is 0.961 bits per heavy atom. The molecule has 2 aromatic rings. The molecule has 3 rings (SSSR count). The Hall–Kier alpha value is -3.76. The van der Waals surface area contributed by atoms with Crippen LogP contribution in [-0.4, -0.2) is 116 Å². The first kappa shape index (κ1) is 67.5. The average molecular weight is 1130 g/mol. The van der Waals surface area contributed by atoms with Crippen LogP contribution in [-0.2, 0) is 56.9 Å². The second kappa shape index (κ2) is 37.2. The van der Waals surface area contributed by atoms with Crippen molar-refractivity contribution < 1.29 is 78.9 Å². The van der Waals surface area contributed by atoms with Crippen molar-refractivity contribution in [1.29, 1.82) is 0 Å². The number of aliphatic hydroxyl groups is 2. The zero-order chi connectivity index (χ0) is 56.5. The monoisotopic (exact) mass is 1130 g/mol. The number of aryl methyl sites for hydroxylation is 2. The third-order valence-electron chi connectivity index (χ3n) is 13.8. The summed E-state index contributed by atoms with van der Waals surface area (Å²) in [5.41, 5.74) is -1.96. The Kier molecular flexibility index (Phi) is 32.6. The van der Waals surface area contributed by atoms with Gasteiger partial charge in [-0.3, -0.25) is 18.7 Å². The molecule has 1 aliphatic heterocycles. The van der Waals surface area contributed by atoms with E-state index in [9.17, 15) is 45.7 Å². The Bertz CT molecular complexity index is 2190. The van der Waals surface area contributed by atoms with Gasteiger partial charge in [0, 0.05) is 20.0 Å². The molecule has 6 atom stereocenters. The number of methoxy groups -OCH3 is 1. The molecule has 1 unspecified atom stereocenters. The predicted molar refractivity (Wildman–Crippen MR) is 297 cm³/mol. The van der Waals surface area contributed by atoms with Gasteiger partial charge in [-0.25, -0.2) is 0 Å². The van der Waals surface area contributed by atoms with E-state index >= 15 is 0 Å². The van der Waals surface area contributed by atoms with Crippen molar-refractivity contribution >= 4 is 32.1 Å². The molecule has 77 heavy (non-hydrogen) atoms. The van der Waals surface area contributed by atoms with Gasteiger partial charge in [-0.15, -0.1) is 0 Å². The van der Waals surface area contributed by atoms with Crippen LogP contribution < -0.4 is 24.3 Å². The molecule has 18 nitrogen and oxygen atoms in total. The molecule has 1 amide bonds. The maximum Gasteiger partial charge on any atom is 0.306 e. The number of hydrogen-bond acceptors (Lipinski definition) is 15. The summed E-state index contributed by atoms with van der Waals surface area (Å²) in [7, 11) is -10.6. The molecule has 20 heteroatoms. The highest BCUT2D eigenvalue weighted by molar-refractivity contribution is 7.87. The quantitative estimate of drug-likeness (QED) is 0.0235. The summed E-state index contributed by atoms with van der Waals surface area (Å²) >= 11 is 0. The SMILES string of the molecule is CCCCCCCCOc1ccc(CCC(=O)N[C@H]2[C@@H](OC)O[C@H](C(O)S(=O)(=O)O)[C@](O)(S(=O)(=O)O)[C@@H]2OC(=O)CCc2ccc(OCCCCCCCC)c(OCCCCCCCC)c2)cc1OCCCCCCCC. The van der Waals surface area contributed by atoms with Crippen molar-refractivity contribution in [3.63, 3.8) is 0 Å². The molecule has 442 valence electrons. The van der Waals surface area contributed by atoms with Crippen molar-refractivity contribution in [3.05, 3.63) is 47.5 Å². The number of nitrogens with one attached hydrogen (secondary N) is 1. The second-order valence-electron chi connectivity index (χ2n) is 20.3. The summed E-state index contributed by atoms with van der Waals surface area (Å²) < 4.78 is 113. The number of amides is 1. The molecular formula is C57H95NO17S2. The van der Waals surface area contributed by atoms with Crippen molar-refractivity contribution in [2.75, 3.05) is 33.5 Å². The minimum Gasteiger partial charge on any atom is -0.490 e. The number of hydrogen-bond donors (Lipinski definition) is 5. The fraction of sp³-hybridized carbons (Fsp3) is 0.754. The van der Waals surface area contributed by atoms with Gasteiger partial charge < -0.3 is 48.7 Å². The van der Waals surface area contributed by atoms with Crippen molar-refractivity contribution in [3.8, 4) is 23.0 Å². The zero-order valence-corrected chi connectivity index (χ0v) is 48.5. The number of carbonyl (C=O) groups excluding carboxylic acids is 2. The number of ether oxygens (including phenoxy) is 7. The molecule has 2 aromatic carbocycles. The molecular weight excluding hydrogens is 1030 g/mol. The maximum absolute atomic E-state index is 13.9. The van der Waals surface area contributed by atoms with E-state index in [1.54, 1.807) is 36.4 Å². The van der Waals surface area contributed by atoms with Crippen molar-refractivity contribution in [2.45, 2.75) is 242 Å². The fourth-order valence-electron chi connectivity index (χ4n) is 9.21. The van der Waals surface area contributed by atoms with Crippen LogP contribution in [0.4, 0.5) is 0 Å². The number of esters is 1. The largest absolute Gasteiger partial charge is 0.490 e. The smallest absolute Gasteiger partial charge is 0.306 e. The average Bonchev–Trinajstić information content (AvgIpc) is 3.49. The Morgan fingerprint density at radius 1 is 0.584 bits per heavy atom. The molecule has 0 aromatic heterocycles. The van der Waals surface area contributed by atoms with E-state index in [-0.39, 0.29) is 19.3 Å². The van der Waals surface area contributed by atoms with Gasteiger partial charge in [0.1, 0.15) is 6.04 Å². The lowest BCUT2D eigenvalue weighted by Crippen LogP contribution is -2.76. The molecule has 0 saturated carbocycles. The van der Waals surface area contributed by atoms with Gasteiger partial charge in [0.15, 0.2) is 41.5 Å². The lowest BCUT2D eigenvalue weighted by Gasteiger charge is -2.49. The summed E-state index contributed by atoms with van der Waals surface area (Å²) in [5, 5.41) is 25.2. The molecule has 0 aliphatic carbocycles. The van der Waals surface area contributed by atoms with E-state index in [2.05, 4.69) is 33.0 Å². The minimum atomic E-state index is -6.03. The maximum atomic E-state index is 13.9. The van der Waals surface area contributed by atoms with Gasteiger partial charge in [0.25, 0.3) is 15.1 Å². The minimum absolute atomic E-state index is 0.0210. The molecule has 0 radical (unpaired) electrons. The highest BCUT2D eigenvalue weighted by Crippen LogP contribution is 2.40. The summed E-state index contributed by atoms with van der Waals surface area (Å²) in [5.74, 6) is 0.125. The number of benzene rings is 2. The lowest BCUT2D eigenvalue weighted by molar-refractivity contribution is -0.283. The number of carbonyl (C=O) groups is 2. The van der Waals surface area contributed by atoms with E-state index in [0.717, 1.165) is 123 Å².